The van der Waals surface area contributed by atoms with E-state index in [-0.39, 0.29) is 11.3 Å². The zero-order valence-corrected chi connectivity index (χ0v) is 12.8. The Morgan fingerprint density at radius 1 is 1.39 bits per heavy atom. The van der Waals surface area contributed by atoms with Crippen molar-refractivity contribution in [3.63, 3.8) is 0 Å². The number of piperidine rings is 1. The van der Waals surface area contributed by atoms with Crippen LogP contribution >= 0.6 is 0 Å². The van der Waals surface area contributed by atoms with E-state index < -0.39 is 0 Å². The Bertz CT molecular complexity index is 264. The van der Waals surface area contributed by atoms with Gasteiger partial charge >= 0.3 is 0 Å². The second-order valence-electron chi connectivity index (χ2n) is 6.89. The lowest BCUT2D eigenvalue weighted by Crippen LogP contribution is -2.44. The van der Waals surface area contributed by atoms with Gasteiger partial charge in [-0.1, -0.05) is 34.1 Å². The number of hydrogen-bond donors (Lipinski definition) is 1. The Balaban J connectivity index is 2.36. The van der Waals surface area contributed by atoms with Crippen molar-refractivity contribution >= 4 is 5.91 Å². The third kappa shape index (κ3) is 4.97. The fourth-order valence-corrected chi connectivity index (χ4v) is 2.24. The summed E-state index contributed by atoms with van der Waals surface area (Å²) in [6, 6.07) is 0.498. The van der Waals surface area contributed by atoms with Gasteiger partial charge in [0, 0.05) is 26.1 Å². The first-order valence-corrected chi connectivity index (χ1v) is 7.28. The van der Waals surface area contributed by atoms with Crippen molar-refractivity contribution in [1.82, 2.24) is 10.2 Å². The first-order chi connectivity index (χ1) is 8.30. The third-order valence-corrected chi connectivity index (χ3v) is 4.29. The molecule has 1 aliphatic rings. The molecule has 0 aromatic heterocycles. The summed E-state index contributed by atoms with van der Waals surface area (Å²) in [5.74, 6) is 0.705. The molecule has 2 unspecified atom stereocenters. The van der Waals surface area contributed by atoms with E-state index in [1.54, 1.807) is 0 Å². The smallest absolute Gasteiger partial charge is 0.222 e. The van der Waals surface area contributed by atoms with Crippen LogP contribution in [0.5, 0.6) is 0 Å². The highest BCUT2D eigenvalue weighted by atomic mass is 16.2. The number of carbonyl (C=O) groups is 1. The van der Waals surface area contributed by atoms with Gasteiger partial charge < -0.3 is 10.2 Å². The van der Waals surface area contributed by atoms with E-state index in [9.17, 15) is 4.79 Å². The summed E-state index contributed by atoms with van der Waals surface area (Å²) >= 11 is 0. The predicted octanol–water partition coefficient (Wildman–Crippen LogP) is 2.66. The Morgan fingerprint density at radius 3 is 2.56 bits per heavy atom. The molecule has 18 heavy (non-hydrogen) atoms. The maximum absolute atomic E-state index is 12.2. The van der Waals surface area contributed by atoms with Gasteiger partial charge in [0.15, 0.2) is 0 Å². The second-order valence-corrected chi connectivity index (χ2v) is 6.89. The summed E-state index contributed by atoms with van der Waals surface area (Å²) in [5.41, 5.74) is 0.208. The highest BCUT2D eigenvalue weighted by Gasteiger charge is 2.25. The van der Waals surface area contributed by atoms with E-state index in [4.69, 9.17) is 0 Å². The molecule has 0 bridgehead atoms. The van der Waals surface area contributed by atoms with Crippen molar-refractivity contribution in [2.45, 2.75) is 59.4 Å². The molecule has 0 spiro atoms. The minimum atomic E-state index is 0.208. The molecule has 1 amide bonds. The molecule has 0 saturated carbocycles. The highest BCUT2D eigenvalue weighted by Crippen LogP contribution is 2.28. The molecular formula is C15H30N2O. The van der Waals surface area contributed by atoms with Gasteiger partial charge in [0.2, 0.25) is 5.91 Å². The van der Waals surface area contributed by atoms with Gasteiger partial charge in [-0.25, -0.2) is 0 Å². The topological polar surface area (TPSA) is 32.3 Å². The lowest BCUT2D eigenvalue weighted by atomic mass is 9.80. The SMILES string of the molecule is CC(CC(=O)N(C)CC1CCCCN1)C(C)(C)C. The number of nitrogens with zero attached hydrogens (tertiary/aromatic N) is 1. The molecule has 0 aliphatic carbocycles. The van der Waals surface area contributed by atoms with Crippen molar-refractivity contribution in [2.24, 2.45) is 11.3 Å². The summed E-state index contributed by atoms with van der Waals surface area (Å²) in [4.78, 5) is 14.1. The van der Waals surface area contributed by atoms with Crippen LogP contribution in [0.25, 0.3) is 0 Å². The van der Waals surface area contributed by atoms with Crippen LogP contribution in [0.3, 0.4) is 0 Å². The Labute approximate surface area is 112 Å². The van der Waals surface area contributed by atoms with Gasteiger partial charge in [0.25, 0.3) is 0 Å². The largest absolute Gasteiger partial charge is 0.344 e. The quantitative estimate of drug-likeness (QED) is 0.836. The lowest BCUT2D eigenvalue weighted by Gasteiger charge is -2.31. The Kier molecular flexibility index (Phi) is 5.64. The maximum atomic E-state index is 12.2. The van der Waals surface area contributed by atoms with E-state index in [1.165, 1.54) is 19.3 Å². The van der Waals surface area contributed by atoms with E-state index in [0.29, 0.717) is 18.4 Å². The number of hydrogen-bond acceptors (Lipinski definition) is 2. The minimum absolute atomic E-state index is 0.208. The molecule has 1 saturated heterocycles. The minimum Gasteiger partial charge on any atom is -0.344 e. The molecular weight excluding hydrogens is 224 g/mol. The first kappa shape index (κ1) is 15.5. The molecule has 3 heteroatoms. The summed E-state index contributed by atoms with van der Waals surface area (Å²) in [6.45, 7) is 10.7. The molecule has 3 nitrogen and oxygen atoms in total. The van der Waals surface area contributed by atoms with Gasteiger partial charge in [0.1, 0.15) is 0 Å². The number of carbonyl (C=O) groups excluding carboxylic acids is 1. The Morgan fingerprint density at radius 2 is 2.06 bits per heavy atom. The van der Waals surface area contributed by atoms with E-state index in [2.05, 4.69) is 33.0 Å². The van der Waals surface area contributed by atoms with Crippen molar-refractivity contribution < 1.29 is 4.79 Å². The monoisotopic (exact) mass is 254 g/mol. The normalized spacial score (nSPS) is 22.6. The third-order valence-electron chi connectivity index (χ3n) is 4.29. The number of amides is 1. The van der Waals surface area contributed by atoms with Gasteiger partial charge in [-0.15, -0.1) is 0 Å². The molecule has 0 aromatic rings. The van der Waals surface area contributed by atoms with Gasteiger partial charge in [-0.05, 0) is 30.7 Å². The fraction of sp³-hybridized carbons (Fsp3) is 0.933. The molecule has 1 fully saturated rings. The molecule has 106 valence electrons. The van der Waals surface area contributed by atoms with Crippen LogP contribution < -0.4 is 5.32 Å². The summed E-state index contributed by atoms with van der Waals surface area (Å²) in [6.07, 6.45) is 4.42. The van der Waals surface area contributed by atoms with E-state index in [1.807, 2.05) is 11.9 Å². The van der Waals surface area contributed by atoms with Crippen LogP contribution in [0.1, 0.15) is 53.4 Å². The Hall–Kier alpha value is -0.570. The highest BCUT2D eigenvalue weighted by molar-refractivity contribution is 5.76. The molecule has 0 aromatic carbocycles. The summed E-state index contributed by atoms with van der Waals surface area (Å²) in [5, 5.41) is 3.49. The van der Waals surface area contributed by atoms with Crippen LogP contribution in [0.4, 0.5) is 0 Å². The molecule has 2 atom stereocenters. The predicted molar refractivity (Wildman–Crippen MR) is 76.5 cm³/mol. The number of rotatable bonds is 4. The molecule has 1 heterocycles. The van der Waals surface area contributed by atoms with Gasteiger partial charge in [-0.3, -0.25) is 4.79 Å². The van der Waals surface area contributed by atoms with Crippen molar-refractivity contribution in [2.75, 3.05) is 20.1 Å². The van der Waals surface area contributed by atoms with Crippen molar-refractivity contribution in [3.05, 3.63) is 0 Å². The average molecular weight is 254 g/mol. The van der Waals surface area contributed by atoms with Gasteiger partial charge in [-0.2, -0.15) is 0 Å². The second kappa shape index (κ2) is 6.55. The molecule has 1 aliphatic heterocycles. The molecule has 1 N–H and O–H groups in total. The first-order valence-electron chi connectivity index (χ1n) is 7.28. The zero-order valence-electron chi connectivity index (χ0n) is 12.8. The number of nitrogens with one attached hydrogen (secondary N) is 1. The van der Waals surface area contributed by atoms with Crippen molar-refractivity contribution in [1.29, 1.82) is 0 Å². The maximum Gasteiger partial charge on any atom is 0.222 e. The van der Waals surface area contributed by atoms with Crippen LogP contribution in [0.2, 0.25) is 0 Å². The van der Waals surface area contributed by atoms with Gasteiger partial charge in [0.05, 0.1) is 0 Å². The average Bonchev–Trinajstić information content (AvgIpc) is 2.28. The van der Waals surface area contributed by atoms with Crippen molar-refractivity contribution in [3.8, 4) is 0 Å². The lowest BCUT2D eigenvalue weighted by molar-refractivity contribution is -0.132. The van der Waals surface area contributed by atoms with Crippen LogP contribution in [0.15, 0.2) is 0 Å². The molecule has 0 radical (unpaired) electrons. The van der Waals surface area contributed by atoms with Crippen LogP contribution in [-0.4, -0.2) is 37.0 Å². The van der Waals surface area contributed by atoms with E-state index >= 15 is 0 Å². The van der Waals surface area contributed by atoms with Crippen LogP contribution in [-0.2, 0) is 4.79 Å². The summed E-state index contributed by atoms with van der Waals surface area (Å²) in [7, 11) is 1.94. The number of likely N-dealkylation sites (N-methyl/N-ethyl adjacent to an activating group) is 1. The fourth-order valence-electron chi connectivity index (χ4n) is 2.24. The van der Waals surface area contributed by atoms with Crippen LogP contribution in [0, 0.1) is 11.3 Å². The van der Waals surface area contributed by atoms with E-state index in [0.717, 1.165) is 13.1 Å². The standard InChI is InChI=1S/C15H30N2O/c1-12(15(2,3)4)10-14(18)17(5)11-13-8-6-7-9-16-13/h12-13,16H,6-11H2,1-5H3. The zero-order chi connectivity index (χ0) is 13.8. The molecule has 1 rings (SSSR count). The summed E-state index contributed by atoms with van der Waals surface area (Å²) < 4.78 is 0.